The van der Waals surface area contributed by atoms with E-state index in [0.717, 1.165) is 11.1 Å². The van der Waals surface area contributed by atoms with Crippen LogP contribution in [-0.4, -0.2) is 28.7 Å². The quantitative estimate of drug-likeness (QED) is 0.147. The van der Waals surface area contributed by atoms with Gasteiger partial charge in [-0.1, -0.05) is 47.7 Å². The van der Waals surface area contributed by atoms with Crippen LogP contribution >= 0.6 is 11.3 Å². The van der Waals surface area contributed by atoms with E-state index in [4.69, 9.17) is 14.2 Å². The standard InChI is InChI=1S/C32H29N3O7S/c1-4-40-26-17-22(13-16-25(26)42-19-21-11-14-24(15-12-21)35(38)39)18-27-30(36)34-29(23-9-7-6-8-10-23)28(31(37)41-5-2)20(3)33-32(34)43-27/h6-18,29H,4-5,19H2,1-3H3/b27-18-/t29-/m1/s1. The second-order valence-electron chi connectivity index (χ2n) is 9.56. The molecule has 0 aliphatic carbocycles. The van der Waals surface area contributed by atoms with E-state index in [-0.39, 0.29) is 24.5 Å². The largest absolute Gasteiger partial charge is 0.490 e. The topological polar surface area (TPSA) is 122 Å². The Morgan fingerprint density at radius 1 is 1.02 bits per heavy atom. The van der Waals surface area contributed by atoms with Gasteiger partial charge in [-0.05, 0) is 67.8 Å². The molecule has 0 spiro atoms. The van der Waals surface area contributed by atoms with Gasteiger partial charge in [0.25, 0.3) is 11.2 Å². The SMILES string of the molecule is CCOC(=O)C1=C(C)N=c2s/c(=C\c3ccc(OCc4ccc([N+](=O)[O-])cc4)c(OCC)c3)c(=O)n2[C@@H]1c1ccccc1. The average molecular weight is 600 g/mol. The van der Waals surface area contributed by atoms with Gasteiger partial charge >= 0.3 is 5.97 Å². The predicted octanol–water partition coefficient (Wildman–Crippen LogP) is 4.68. The maximum Gasteiger partial charge on any atom is 0.338 e. The number of nitro groups is 1. The number of ether oxygens (including phenoxy) is 3. The van der Waals surface area contributed by atoms with Gasteiger partial charge in [-0.2, -0.15) is 0 Å². The van der Waals surface area contributed by atoms with Crippen LogP contribution in [0.15, 0.2) is 93.9 Å². The maximum atomic E-state index is 13.8. The number of rotatable bonds is 10. The van der Waals surface area contributed by atoms with E-state index in [1.807, 2.05) is 43.3 Å². The number of aromatic nitrogens is 1. The first-order chi connectivity index (χ1) is 20.8. The molecule has 0 unspecified atom stereocenters. The second-order valence-corrected chi connectivity index (χ2v) is 10.6. The highest BCUT2D eigenvalue weighted by Gasteiger charge is 2.33. The van der Waals surface area contributed by atoms with Gasteiger partial charge < -0.3 is 14.2 Å². The van der Waals surface area contributed by atoms with E-state index >= 15 is 0 Å². The summed E-state index contributed by atoms with van der Waals surface area (Å²) in [7, 11) is 0. The summed E-state index contributed by atoms with van der Waals surface area (Å²) >= 11 is 1.24. The third-order valence-corrected chi connectivity index (χ3v) is 7.72. The van der Waals surface area contributed by atoms with E-state index in [9.17, 15) is 19.7 Å². The summed E-state index contributed by atoms with van der Waals surface area (Å²) in [5.74, 6) is 0.490. The number of fused-ring (bicyclic) bond motifs is 1. The lowest BCUT2D eigenvalue weighted by molar-refractivity contribution is -0.384. The predicted molar refractivity (Wildman–Crippen MR) is 162 cm³/mol. The molecule has 1 aliphatic heterocycles. The van der Waals surface area contributed by atoms with Crippen LogP contribution in [0.5, 0.6) is 11.5 Å². The fourth-order valence-electron chi connectivity index (χ4n) is 4.77. The van der Waals surface area contributed by atoms with Gasteiger partial charge in [0.1, 0.15) is 6.61 Å². The number of nitrogens with zero attached hydrogens (tertiary/aromatic N) is 3. The Hall–Kier alpha value is -5.03. The number of esters is 1. The number of benzene rings is 3. The van der Waals surface area contributed by atoms with Crippen LogP contribution < -0.4 is 24.4 Å². The fourth-order valence-corrected chi connectivity index (χ4v) is 5.82. The molecule has 0 saturated heterocycles. The van der Waals surface area contributed by atoms with Crippen molar-refractivity contribution in [1.29, 1.82) is 0 Å². The number of thiazole rings is 1. The first kappa shape index (κ1) is 29.5. The fraction of sp³-hybridized carbons (Fsp3) is 0.219. The Morgan fingerprint density at radius 2 is 1.77 bits per heavy atom. The normalized spacial score (nSPS) is 14.6. The Labute approximate surface area is 251 Å². The van der Waals surface area contributed by atoms with Crippen molar-refractivity contribution in [3.8, 4) is 11.5 Å². The van der Waals surface area contributed by atoms with Crippen LogP contribution in [-0.2, 0) is 16.1 Å². The molecule has 0 radical (unpaired) electrons. The third-order valence-electron chi connectivity index (χ3n) is 6.74. The number of non-ortho nitro benzene ring substituents is 1. The molecule has 10 nitrogen and oxygen atoms in total. The van der Waals surface area contributed by atoms with Gasteiger partial charge in [0.15, 0.2) is 16.3 Å². The summed E-state index contributed by atoms with van der Waals surface area (Å²) in [4.78, 5) is 42.4. The molecule has 220 valence electrons. The Balaban J connectivity index is 1.50. The second kappa shape index (κ2) is 12.9. The van der Waals surface area contributed by atoms with E-state index < -0.39 is 16.9 Å². The zero-order valence-corrected chi connectivity index (χ0v) is 24.6. The average Bonchev–Trinajstić information content (AvgIpc) is 3.30. The minimum atomic E-state index is -0.673. The number of hydrogen-bond donors (Lipinski definition) is 0. The Morgan fingerprint density at radius 3 is 2.44 bits per heavy atom. The molecule has 0 amide bonds. The highest BCUT2D eigenvalue weighted by atomic mass is 32.1. The van der Waals surface area contributed by atoms with Crippen LogP contribution in [0, 0.1) is 10.1 Å². The van der Waals surface area contributed by atoms with Gasteiger partial charge in [-0.15, -0.1) is 0 Å². The number of carbonyl (C=O) groups excluding carboxylic acids is 1. The molecule has 3 aromatic carbocycles. The van der Waals surface area contributed by atoms with Gasteiger partial charge in [0.05, 0.1) is 40.0 Å². The molecule has 0 saturated carbocycles. The molecule has 1 aliphatic rings. The summed E-state index contributed by atoms with van der Waals surface area (Å²) < 4.78 is 19.1. The van der Waals surface area contributed by atoms with Crippen molar-refractivity contribution < 1.29 is 23.9 Å². The molecule has 1 atom stereocenters. The Kier molecular flexibility index (Phi) is 8.82. The minimum absolute atomic E-state index is 0.00996. The van der Waals surface area contributed by atoms with Crippen molar-refractivity contribution in [3.05, 3.63) is 131 Å². The van der Waals surface area contributed by atoms with E-state index in [1.54, 1.807) is 48.8 Å². The van der Waals surface area contributed by atoms with Crippen molar-refractivity contribution in [2.24, 2.45) is 4.99 Å². The molecule has 2 heterocycles. The van der Waals surface area contributed by atoms with Crippen molar-refractivity contribution in [2.45, 2.75) is 33.4 Å². The first-order valence-electron chi connectivity index (χ1n) is 13.7. The summed E-state index contributed by atoms with van der Waals surface area (Å²) in [6.07, 6.45) is 1.76. The summed E-state index contributed by atoms with van der Waals surface area (Å²) in [6, 6.07) is 20.2. The van der Waals surface area contributed by atoms with Crippen molar-refractivity contribution >= 4 is 29.1 Å². The van der Waals surface area contributed by atoms with E-state index in [0.29, 0.717) is 44.3 Å². The van der Waals surface area contributed by atoms with Crippen LogP contribution in [0.4, 0.5) is 5.69 Å². The minimum Gasteiger partial charge on any atom is -0.490 e. The van der Waals surface area contributed by atoms with E-state index in [2.05, 4.69) is 4.99 Å². The van der Waals surface area contributed by atoms with Crippen molar-refractivity contribution in [2.75, 3.05) is 13.2 Å². The number of hydrogen-bond acceptors (Lipinski definition) is 9. The van der Waals surface area contributed by atoms with Crippen LogP contribution in [0.25, 0.3) is 6.08 Å². The highest BCUT2D eigenvalue weighted by Crippen LogP contribution is 2.31. The molecule has 0 bridgehead atoms. The molecule has 0 N–H and O–H groups in total. The lowest BCUT2D eigenvalue weighted by Crippen LogP contribution is -2.39. The lowest BCUT2D eigenvalue weighted by Gasteiger charge is -2.24. The molecule has 4 aromatic rings. The first-order valence-corrected chi connectivity index (χ1v) is 14.5. The molecule has 11 heteroatoms. The van der Waals surface area contributed by atoms with Gasteiger partial charge in [-0.25, -0.2) is 9.79 Å². The molecule has 1 aromatic heterocycles. The molecular formula is C32H29N3O7S. The smallest absolute Gasteiger partial charge is 0.338 e. The molecular weight excluding hydrogens is 570 g/mol. The summed E-state index contributed by atoms with van der Waals surface area (Å²) in [5, 5.41) is 10.9. The van der Waals surface area contributed by atoms with Gasteiger partial charge in [-0.3, -0.25) is 19.5 Å². The number of allylic oxidation sites excluding steroid dienone is 1. The molecule has 43 heavy (non-hydrogen) atoms. The monoisotopic (exact) mass is 599 g/mol. The van der Waals surface area contributed by atoms with Gasteiger partial charge in [0.2, 0.25) is 0 Å². The summed E-state index contributed by atoms with van der Waals surface area (Å²) in [6.45, 7) is 6.14. The zero-order chi connectivity index (χ0) is 30.5. The van der Waals surface area contributed by atoms with Crippen LogP contribution in [0.1, 0.15) is 43.5 Å². The van der Waals surface area contributed by atoms with Gasteiger partial charge in [0, 0.05) is 12.1 Å². The number of nitro benzene ring substituents is 1. The third kappa shape index (κ3) is 6.26. The molecule has 0 fully saturated rings. The van der Waals surface area contributed by atoms with Crippen LogP contribution in [0.3, 0.4) is 0 Å². The van der Waals surface area contributed by atoms with Crippen molar-refractivity contribution in [1.82, 2.24) is 4.57 Å². The lowest BCUT2D eigenvalue weighted by atomic mass is 9.96. The van der Waals surface area contributed by atoms with Crippen LogP contribution in [0.2, 0.25) is 0 Å². The summed E-state index contributed by atoms with van der Waals surface area (Å²) in [5.41, 5.74) is 2.84. The number of carbonyl (C=O) groups is 1. The highest BCUT2D eigenvalue weighted by molar-refractivity contribution is 7.07. The zero-order valence-electron chi connectivity index (χ0n) is 23.8. The maximum absolute atomic E-state index is 13.8. The van der Waals surface area contributed by atoms with Crippen molar-refractivity contribution in [3.63, 3.8) is 0 Å². The Bertz CT molecular complexity index is 1880. The molecule has 5 rings (SSSR count). The van der Waals surface area contributed by atoms with E-state index in [1.165, 1.54) is 23.5 Å².